The van der Waals surface area contributed by atoms with Crippen molar-refractivity contribution in [1.82, 2.24) is 9.88 Å². The highest BCUT2D eigenvalue weighted by atomic mass is 32.1. The first-order valence-corrected chi connectivity index (χ1v) is 8.19. The molecule has 0 atom stereocenters. The molecule has 1 fully saturated rings. The van der Waals surface area contributed by atoms with Gasteiger partial charge in [0.1, 0.15) is 5.75 Å². The molecule has 1 N–H and O–H groups in total. The quantitative estimate of drug-likeness (QED) is 0.846. The lowest BCUT2D eigenvalue weighted by molar-refractivity contribution is 0.406. The second kappa shape index (κ2) is 6.96. The number of ether oxygens (including phenoxy) is 1. The van der Waals surface area contributed by atoms with Gasteiger partial charge in [-0.25, -0.2) is 0 Å². The van der Waals surface area contributed by atoms with Crippen molar-refractivity contribution >= 4 is 23.0 Å². The molecule has 1 aliphatic carbocycles. The molecule has 0 saturated heterocycles. The zero-order valence-electron chi connectivity index (χ0n) is 13.5. The first-order chi connectivity index (χ1) is 11.2. The Bertz CT molecular complexity index is 686. The van der Waals surface area contributed by atoms with Gasteiger partial charge in [0.2, 0.25) is 0 Å². The van der Waals surface area contributed by atoms with E-state index in [2.05, 4.69) is 34.3 Å². The standard InChI is InChI=1S/C18H21N3OS/c1-13-5-8-17(22-2)16(10-13)20-18(23)21(15-6-7-15)12-14-4-3-9-19-11-14/h3-5,8-11,15H,6-7,12H2,1-2H3,(H,20,23). The summed E-state index contributed by atoms with van der Waals surface area (Å²) in [6, 6.07) is 10.6. The van der Waals surface area contributed by atoms with E-state index in [4.69, 9.17) is 17.0 Å². The van der Waals surface area contributed by atoms with Crippen LogP contribution in [-0.4, -0.2) is 28.1 Å². The van der Waals surface area contributed by atoms with Gasteiger partial charge in [0.25, 0.3) is 0 Å². The van der Waals surface area contributed by atoms with Crippen LogP contribution in [0.25, 0.3) is 0 Å². The summed E-state index contributed by atoms with van der Waals surface area (Å²) in [5.74, 6) is 0.801. The SMILES string of the molecule is COc1ccc(C)cc1NC(=S)N(Cc1cccnc1)C1CC1. The van der Waals surface area contributed by atoms with Crippen LogP contribution in [0.15, 0.2) is 42.7 Å². The average Bonchev–Trinajstić information content (AvgIpc) is 3.38. The topological polar surface area (TPSA) is 37.4 Å². The monoisotopic (exact) mass is 327 g/mol. The van der Waals surface area contributed by atoms with Gasteiger partial charge >= 0.3 is 0 Å². The van der Waals surface area contributed by atoms with Gasteiger partial charge in [0.15, 0.2) is 5.11 Å². The summed E-state index contributed by atoms with van der Waals surface area (Å²) in [6.45, 7) is 2.83. The minimum Gasteiger partial charge on any atom is -0.495 e. The number of nitrogens with one attached hydrogen (secondary N) is 1. The number of methoxy groups -OCH3 is 1. The number of pyridine rings is 1. The number of aryl methyl sites for hydroxylation is 1. The Morgan fingerprint density at radius 3 is 2.87 bits per heavy atom. The minimum atomic E-state index is 0.519. The fraction of sp³-hybridized carbons (Fsp3) is 0.333. The molecule has 1 heterocycles. The van der Waals surface area contributed by atoms with E-state index in [1.807, 2.05) is 24.4 Å². The lowest BCUT2D eigenvalue weighted by atomic mass is 10.2. The molecule has 1 saturated carbocycles. The first-order valence-electron chi connectivity index (χ1n) is 7.78. The maximum Gasteiger partial charge on any atom is 0.174 e. The van der Waals surface area contributed by atoms with Crippen molar-refractivity contribution in [2.45, 2.75) is 32.4 Å². The number of benzene rings is 1. The van der Waals surface area contributed by atoms with Gasteiger partial charge in [0, 0.05) is 25.0 Å². The molecule has 2 aromatic rings. The molecule has 0 aliphatic heterocycles. The first kappa shape index (κ1) is 15.7. The summed E-state index contributed by atoms with van der Waals surface area (Å²) in [4.78, 5) is 6.43. The van der Waals surface area contributed by atoms with Crippen molar-refractivity contribution in [1.29, 1.82) is 0 Å². The largest absolute Gasteiger partial charge is 0.495 e. The predicted octanol–water partition coefficient (Wildman–Crippen LogP) is 3.76. The molecule has 23 heavy (non-hydrogen) atoms. The Kier molecular flexibility index (Phi) is 4.76. The number of nitrogens with zero attached hydrogens (tertiary/aromatic N) is 2. The van der Waals surface area contributed by atoms with E-state index in [1.54, 1.807) is 13.3 Å². The van der Waals surface area contributed by atoms with Gasteiger partial charge in [-0.05, 0) is 61.3 Å². The third-order valence-corrected chi connectivity index (χ3v) is 4.26. The van der Waals surface area contributed by atoms with Crippen LogP contribution in [0.4, 0.5) is 5.69 Å². The van der Waals surface area contributed by atoms with Crippen molar-refractivity contribution in [3.63, 3.8) is 0 Å². The third kappa shape index (κ3) is 3.99. The van der Waals surface area contributed by atoms with E-state index in [-0.39, 0.29) is 0 Å². The normalized spacial score (nSPS) is 13.5. The van der Waals surface area contributed by atoms with Crippen LogP contribution in [-0.2, 0) is 6.54 Å². The molecule has 3 rings (SSSR count). The number of thiocarbonyl (C=S) groups is 1. The van der Waals surface area contributed by atoms with Crippen LogP contribution < -0.4 is 10.1 Å². The molecule has 0 bridgehead atoms. The number of aromatic nitrogens is 1. The highest BCUT2D eigenvalue weighted by molar-refractivity contribution is 7.80. The van der Waals surface area contributed by atoms with E-state index >= 15 is 0 Å². The van der Waals surface area contributed by atoms with Gasteiger partial charge < -0.3 is 15.0 Å². The Morgan fingerprint density at radius 1 is 1.39 bits per heavy atom. The second-order valence-corrected chi connectivity index (χ2v) is 6.24. The zero-order valence-corrected chi connectivity index (χ0v) is 14.3. The Labute approximate surface area is 142 Å². The van der Waals surface area contributed by atoms with E-state index < -0.39 is 0 Å². The van der Waals surface area contributed by atoms with E-state index in [9.17, 15) is 0 Å². The molecule has 4 nitrogen and oxygen atoms in total. The number of hydrogen-bond acceptors (Lipinski definition) is 3. The molecule has 1 aromatic carbocycles. The van der Waals surface area contributed by atoms with Gasteiger partial charge in [0.05, 0.1) is 12.8 Å². The van der Waals surface area contributed by atoms with Crippen LogP contribution in [0, 0.1) is 6.92 Å². The summed E-state index contributed by atoms with van der Waals surface area (Å²) in [7, 11) is 1.67. The molecule has 0 amide bonds. The molecule has 1 aliphatic rings. The van der Waals surface area contributed by atoms with Crippen molar-refractivity contribution < 1.29 is 4.74 Å². The van der Waals surface area contributed by atoms with E-state index in [0.717, 1.165) is 23.1 Å². The lowest BCUT2D eigenvalue weighted by Crippen LogP contribution is -2.36. The fourth-order valence-corrected chi connectivity index (χ4v) is 2.87. The maximum atomic E-state index is 5.66. The van der Waals surface area contributed by atoms with Crippen LogP contribution >= 0.6 is 12.2 Å². The van der Waals surface area contributed by atoms with Crippen molar-refractivity contribution in [2.24, 2.45) is 0 Å². The van der Waals surface area contributed by atoms with Crippen LogP contribution in [0.5, 0.6) is 5.75 Å². The minimum absolute atomic E-state index is 0.519. The fourth-order valence-electron chi connectivity index (χ4n) is 2.55. The molecule has 1 aromatic heterocycles. The smallest absolute Gasteiger partial charge is 0.174 e. The molecule has 0 spiro atoms. The van der Waals surface area contributed by atoms with Gasteiger partial charge in [-0.2, -0.15) is 0 Å². The predicted molar refractivity (Wildman–Crippen MR) is 96.8 cm³/mol. The summed E-state index contributed by atoms with van der Waals surface area (Å²) >= 11 is 5.66. The van der Waals surface area contributed by atoms with Crippen molar-refractivity contribution in [3.8, 4) is 5.75 Å². The van der Waals surface area contributed by atoms with Gasteiger partial charge in [-0.3, -0.25) is 4.98 Å². The summed E-state index contributed by atoms with van der Waals surface area (Å²) in [6.07, 6.45) is 6.06. The van der Waals surface area contributed by atoms with Gasteiger partial charge in [-0.15, -0.1) is 0 Å². The summed E-state index contributed by atoms with van der Waals surface area (Å²) in [5.41, 5.74) is 3.25. The Hall–Kier alpha value is -2.14. The van der Waals surface area contributed by atoms with E-state index in [1.165, 1.54) is 24.0 Å². The van der Waals surface area contributed by atoms with Crippen LogP contribution in [0.3, 0.4) is 0 Å². The van der Waals surface area contributed by atoms with E-state index in [0.29, 0.717) is 6.04 Å². The summed E-state index contributed by atoms with van der Waals surface area (Å²) in [5, 5.41) is 4.09. The van der Waals surface area contributed by atoms with Crippen molar-refractivity contribution in [3.05, 3.63) is 53.9 Å². The number of rotatable bonds is 5. The molecular weight excluding hydrogens is 306 g/mol. The highest BCUT2D eigenvalue weighted by Gasteiger charge is 2.31. The maximum absolute atomic E-state index is 5.66. The number of anilines is 1. The lowest BCUT2D eigenvalue weighted by Gasteiger charge is -2.26. The average molecular weight is 327 g/mol. The number of hydrogen-bond donors (Lipinski definition) is 1. The summed E-state index contributed by atoms with van der Waals surface area (Å²) < 4.78 is 5.42. The van der Waals surface area contributed by atoms with Crippen molar-refractivity contribution in [2.75, 3.05) is 12.4 Å². The molecule has 120 valence electrons. The molecule has 5 heteroatoms. The molecule has 0 unspecified atom stereocenters. The Morgan fingerprint density at radius 2 is 2.22 bits per heavy atom. The molecular formula is C18H21N3OS. The van der Waals surface area contributed by atoms with Crippen LogP contribution in [0.1, 0.15) is 24.0 Å². The zero-order chi connectivity index (χ0) is 16.2. The van der Waals surface area contributed by atoms with Crippen LogP contribution in [0.2, 0.25) is 0 Å². The highest BCUT2D eigenvalue weighted by Crippen LogP contribution is 2.31. The van der Waals surface area contributed by atoms with Gasteiger partial charge in [-0.1, -0.05) is 12.1 Å². The second-order valence-electron chi connectivity index (χ2n) is 5.85. The third-order valence-electron chi connectivity index (χ3n) is 3.92. The Balaban J connectivity index is 1.76. The molecule has 0 radical (unpaired) electrons.